The number of thiophene rings is 1. The van der Waals surface area contributed by atoms with Gasteiger partial charge < -0.3 is 10.4 Å². The molecule has 0 amide bonds. The van der Waals surface area contributed by atoms with Crippen LogP contribution in [0.3, 0.4) is 0 Å². The van der Waals surface area contributed by atoms with Gasteiger partial charge in [-0.2, -0.15) is 0 Å². The largest absolute Gasteiger partial charge is 0.508 e. The predicted octanol–water partition coefficient (Wildman–Crippen LogP) is 3.44. The first kappa shape index (κ1) is 12.4. The number of nitrogens with one attached hydrogen (secondary N) is 1. The summed E-state index contributed by atoms with van der Waals surface area (Å²) in [5.41, 5.74) is 0.928. The Hall–Kier alpha value is -1.03. The van der Waals surface area contributed by atoms with Crippen molar-refractivity contribution in [1.82, 2.24) is 5.32 Å². The van der Waals surface area contributed by atoms with Crippen LogP contribution in [0, 0.1) is 0 Å². The van der Waals surface area contributed by atoms with Gasteiger partial charge in [-0.3, -0.25) is 0 Å². The molecule has 1 aromatic heterocycles. The van der Waals surface area contributed by atoms with Gasteiger partial charge in [-0.25, -0.2) is 0 Å². The number of para-hydroxylation sites is 1. The fraction of sp³-hybridized carbons (Fsp3) is 0.231. The Morgan fingerprint density at radius 3 is 2.71 bits per heavy atom. The van der Waals surface area contributed by atoms with E-state index in [9.17, 15) is 5.11 Å². The van der Waals surface area contributed by atoms with Crippen LogP contribution < -0.4 is 5.32 Å². The number of hydrogen-bond acceptors (Lipinski definition) is 3. The van der Waals surface area contributed by atoms with Crippen molar-refractivity contribution in [3.63, 3.8) is 0 Å². The molecule has 1 aromatic carbocycles. The number of aromatic hydroxyl groups is 1. The summed E-state index contributed by atoms with van der Waals surface area (Å²) in [7, 11) is 0. The highest BCUT2D eigenvalue weighted by Crippen LogP contribution is 2.21. The summed E-state index contributed by atoms with van der Waals surface area (Å²) in [6, 6.07) is 11.3. The minimum atomic E-state index is 0.346. The Balaban J connectivity index is 1.75. The molecule has 0 atom stereocenters. The number of hydrogen-bond donors (Lipinski definition) is 2. The highest BCUT2D eigenvalue weighted by molar-refractivity contribution is 7.16. The topological polar surface area (TPSA) is 32.3 Å². The Bertz CT molecular complexity index is 484. The summed E-state index contributed by atoms with van der Waals surface area (Å²) >= 11 is 7.47. The molecular weight excluding hydrogens is 254 g/mol. The SMILES string of the molecule is Oc1ccccc1CNCCc1ccc(Cl)s1. The van der Waals surface area contributed by atoms with E-state index in [1.54, 1.807) is 17.4 Å². The molecule has 0 radical (unpaired) electrons. The van der Waals surface area contributed by atoms with E-state index < -0.39 is 0 Å². The molecule has 2 N–H and O–H groups in total. The van der Waals surface area contributed by atoms with Crippen LogP contribution in [0.5, 0.6) is 5.75 Å². The van der Waals surface area contributed by atoms with Crippen molar-refractivity contribution in [3.05, 3.63) is 51.2 Å². The molecule has 4 heteroatoms. The van der Waals surface area contributed by atoms with Crippen molar-refractivity contribution in [1.29, 1.82) is 0 Å². The van der Waals surface area contributed by atoms with E-state index in [1.165, 1.54) is 4.88 Å². The van der Waals surface area contributed by atoms with Gasteiger partial charge in [0, 0.05) is 23.5 Å². The van der Waals surface area contributed by atoms with Crippen molar-refractivity contribution >= 4 is 22.9 Å². The molecule has 17 heavy (non-hydrogen) atoms. The average Bonchev–Trinajstić information content (AvgIpc) is 2.73. The first-order chi connectivity index (χ1) is 8.25. The third-order valence-corrected chi connectivity index (χ3v) is 3.78. The smallest absolute Gasteiger partial charge is 0.120 e. The first-order valence-corrected chi connectivity index (χ1v) is 6.67. The van der Waals surface area contributed by atoms with Crippen LogP contribution in [0.25, 0.3) is 0 Å². The molecule has 0 fully saturated rings. The summed E-state index contributed by atoms with van der Waals surface area (Å²) in [5.74, 6) is 0.346. The molecule has 0 aliphatic carbocycles. The lowest BCUT2D eigenvalue weighted by atomic mass is 10.2. The Labute approximate surface area is 110 Å². The van der Waals surface area contributed by atoms with Crippen LogP contribution in [-0.4, -0.2) is 11.7 Å². The summed E-state index contributed by atoms with van der Waals surface area (Å²) in [5, 5.41) is 12.9. The van der Waals surface area contributed by atoms with Crippen LogP contribution in [0.4, 0.5) is 0 Å². The molecule has 0 spiro atoms. The second-order valence-corrected chi connectivity index (χ2v) is 5.56. The minimum absolute atomic E-state index is 0.346. The van der Waals surface area contributed by atoms with E-state index in [0.29, 0.717) is 12.3 Å². The lowest BCUT2D eigenvalue weighted by Gasteiger charge is -2.05. The third kappa shape index (κ3) is 3.73. The van der Waals surface area contributed by atoms with E-state index >= 15 is 0 Å². The fourth-order valence-electron chi connectivity index (χ4n) is 1.58. The number of rotatable bonds is 5. The zero-order valence-electron chi connectivity index (χ0n) is 9.32. The number of halogens is 1. The summed E-state index contributed by atoms with van der Waals surface area (Å²) in [4.78, 5) is 1.28. The van der Waals surface area contributed by atoms with E-state index in [4.69, 9.17) is 11.6 Å². The second-order valence-electron chi connectivity index (χ2n) is 3.76. The standard InChI is InChI=1S/C13H14ClNOS/c14-13-6-5-11(17-13)7-8-15-9-10-3-1-2-4-12(10)16/h1-6,15-16H,7-9H2. The van der Waals surface area contributed by atoms with Gasteiger partial charge in [0.05, 0.1) is 4.34 Å². The monoisotopic (exact) mass is 267 g/mol. The molecule has 2 aromatic rings. The molecule has 90 valence electrons. The highest BCUT2D eigenvalue weighted by atomic mass is 35.5. The zero-order chi connectivity index (χ0) is 12.1. The molecule has 0 aliphatic rings. The van der Waals surface area contributed by atoms with Gasteiger partial charge in [-0.1, -0.05) is 29.8 Å². The first-order valence-electron chi connectivity index (χ1n) is 5.47. The van der Waals surface area contributed by atoms with Gasteiger partial charge in [0.25, 0.3) is 0 Å². The average molecular weight is 268 g/mol. The lowest BCUT2D eigenvalue weighted by Crippen LogP contribution is -2.16. The lowest BCUT2D eigenvalue weighted by molar-refractivity contribution is 0.464. The van der Waals surface area contributed by atoms with Gasteiger partial charge >= 0.3 is 0 Å². The number of phenols is 1. The van der Waals surface area contributed by atoms with Crippen molar-refractivity contribution in [2.75, 3.05) is 6.54 Å². The molecular formula is C13H14ClNOS. The normalized spacial score (nSPS) is 10.6. The van der Waals surface area contributed by atoms with Gasteiger partial charge in [0.15, 0.2) is 0 Å². The molecule has 0 saturated carbocycles. The summed E-state index contributed by atoms with van der Waals surface area (Å²) in [6.45, 7) is 1.57. The van der Waals surface area contributed by atoms with Crippen LogP contribution in [-0.2, 0) is 13.0 Å². The van der Waals surface area contributed by atoms with Crippen LogP contribution in [0.1, 0.15) is 10.4 Å². The van der Waals surface area contributed by atoms with Gasteiger partial charge in [0.1, 0.15) is 5.75 Å². The number of phenolic OH excluding ortho intramolecular Hbond substituents is 1. The zero-order valence-corrected chi connectivity index (χ0v) is 10.9. The molecule has 1 heterocycles. The summed E-state index contributed by atoms with van der Waals surface area (Å²) < 4.78 is 0.834. The fourth-order valence-corrected chi connectivity index (χ4v) is 2.67. The maximum absolute atomic E-state index is 9.57. The van der Waals surface area contributed by atoms with Crippen molar-refractivity contribution in [3.8, 4) is 5.75 Å². The molecule has 2 nitrogen and oxygen atoms in total. The quantitative estimate of drug-likeness (QED) is 0.814. The second kappa shape index (κ2) is 6.05. The van der Waals surface area contributed by atoms with E-state index in [0.717, 1.165) is 22.9 Å². The molecule has 0 unspecified atom stereocenters. The van der Waals surface area contributed by atoms with Gasteiger partial charge in [0.2, 0.25) is 0 Å². The molecule has 0 saturated heterocycles. The minimum Gasteiger partial charge on any atom is -0.508 e. The maximum atomic E-state index is 9.57. The van der Waals surface area contributed by atoms with Crippen molar-refractivity contribution in [2.24, 2.45) is 0 Å². The number of benzene rings is 1. The molecule has 0 aliphatic heterocycles. The van der Waals surface area contributed by atoms with Crippen LogP contribution in [0.2, 0.25) is 4.34 Å². The Morgan fingerprint density at radius 2 is 2.00 bits per heavy atom. The molecule has 0 bridgehead atoms. The van der Waals surface area contributed by atoms with Gasteiger partial charge in [-0.05, 0) is 24.6 Å². The maximum Gasteiger partial charge on any atom is 0.120 e. The Kier molecular flexibility index (Phi) is 4.42. The van der Waals surface area contributed by atoms with E-state index in [-0.39, 0.29) is 0 Å². The van der Waals surface area contributed by atoms with Crippen LogP contribution in [0.15, 0.2) is 36.4 Å². The summed E-state index contributed by atoms with van der Waals surface area (Å²) in [6.07, 6.45) is 0.963. The highest BCUT2D eigenvalue weighted by Gasteiger charge is 2.00. The Morgan fingerprint density at radius 1 is 1.18 bits per heavy atom. The third-order valence-electron chi connectivity index (χ3n) is 2.48. The van der Waals surface area contributed by atoms with Gasteiger partial charge in [-0.15, -0.1) is 11.3 Å². The van der Waals surface area contributed by atoms with Crippen molar-refractivity contribution in [2.45, 2.75) is 13.0 Å². The molecule has 2 rings (SSSR count). The predicted molar refractivity (Wildman–Crippen MR) is 72.8 cm³/mol. The van der Waals surface area contributed by atoms with Crippen molar-refractivity contribution < 1.29 is 5.11 Å². The van der Waals surface area contributed by atoms with E-state index in [1.807, 2.05) is 24.3 Å². The van der Waals surface area contributed by atoms with E-state index in [2.05, 4.69) is 11.4 Å². The van der Waals surface area contributed by atoms with Crippen LogP contribution >= 0.6 is 22.9 Å².